The van der Waals surface area contributed by atoms with Crippen molar-refractivity contribution < 1.29 is 9.21 Å². The lowest BCUT2D eigenvalue weighted by molar-refractivity contribution is -0.121. The lowest BCUT2D eigenvalue weighted by Gasteiger charge is -2.17. The number of amides is 1. The quantitative estimate of drug-likeness (QED) is 0.795. The van der Waals surface area contributed by atoms with Crippen molar-refractivity contribution in [3.05, 3.63) is 30.2 Å². The molecule has 0 bridgehead atoms. The molecule has 2 aromatic rings. The number of carbonyl (C=O) groups excluding carboxylic acids is 1. The predicted molar refractivity (Wildman–Crippen MR) is 92.9 cm³/mol. The molecule has 1 unspecified atom stereocenters. The lowest BCUT2D eigenvalue weighted by Crippen LogP contribution is -2.33. The van der Waals surface area contributed by atoms with Crippen LogP contribution < -0.4 is 5.32 Å². The van der Waals surface area contributed by atoms with Gasteiger partial charge in [0.1, 0.15) is 0 Å². The number of hydrogen-bond donors (Lipinski definition) is 1. The minimum atomic E-state index is 0.0189. The van der Waals surface area contributed by atoms with E-state index < -0.39 is 0 Å². The number of aryl methyl sites for hydroxylation is 2. The van der Waals surface area contributed by atoms with E-state index in [4.69, 9.17) is 4.42 Å². The van der Waals surface area contributed by atoms with Crippen LogP contribution in [0.5, 0.6) is 0 Å². The van der Waals surface area contributed by atoms with Crippen LogP contribution in [0, 0.1) is 0 Å². The van der Waals surface area contributed by atoms with Gasteiger partial charge in [-0.15, -0.1) is 10.2 Å². The number of carbonyl (C=O) groups is 1. The van der Waals surface area contributed by atoms with E-state index in [1.807, 2.05) is 23.9 Å². The summed E-state index contributed by atoms with van der Waals surface area (Å²) < 4.78 is 7.63. The smallest absolute Gasteiger partial charge is 0.220 e. The molecule has 2 aromatic heterocycles. The van der Waals surface area contributed by atoms with Crippen molar-refractivity contribution in [1.29, 1.82) is 0 Å². The third kappa shape index (κ3) is 5.41. The van der Waals surface area contributed by atoms with Gasteiger partial charge in [-0.3, -0.25) is 9.48 Å². The van der Waals surface area contributed by atoms with Crippen LogP contribution in [0.3, 0.4) is 0 Å². The first-order valence-electron chi connectivity index (χ1n) is 9.30. The maximum absolute atomic E-state index is 12.1. The van der Waals surface area contributed by atoms with Crippen molar-refractivity contribution in [2.75, 3.05) is 0 Å². The Morgan fingerprint density at radius 3 is 2.96 bits per heavy atom. The summed E-state index contributed by atoms with van der Waals surface area (Å²) >= 11 is 0. The van der Waals surface area contributed by atoms with Crippen molar-refractivity contribution in [1.82, 2.24) is 25.3 Å². The van der Waals surface area contributed by atoms with E-state index in [1.54, 1.807) is 6.20 Å². The third-order valence-corrected chi connectivity index (χ3v) is 4.76. The molecular weight excluding hydrogens is 318 g/mol. The van der Waals surface area contributed by atoms with E-state index in [0.29, 0.717) is 24.7 Å². The fourth-order valence-electron chi connectivity index (χ4n) is 3.28. The Balaban J connectivity index is 1.37. The Bertz CT molecular complexity index is 646. The van der Waals surface area contributed by atoms with Crippen LogP contribution in [-0.2, 0) is 17.8 Å². The molecule has 0 radical (unpaired) electrons. The molecule has 1 fully saturated rings. The van der Waals surface area contributed by atoms with Crippen LogP contribution in [0.25, 0.3) is 0 Å². The molecular formula is C18H27N5O2. The van der Waals surface area contributed by atoms with Crippen molar-refractivity contribution in [3.63, 3.8) is 0 Å². The zero-order valence-electron chi connectivity index (χ0n) is 14.9. The summed E-state index contributed by atoms with van der Waals surface area (Å²) in [6.07, 6.45) is 11.4. The van der Waals surface area contributed by atoms with Gasteiger partial charge in [0.05, 0.1) is 0 Å². The SMILES string of the molecule is CC(CCn1cccn1)NC(=O)CCc1nnc(C2CCCCC2)o1. The summed E-state index contributed by atoms with van der Waals surface area (Å²) in [5.41, 5.74) is 0. The van der Waals surface area contributed by atoms with E-state index in [9.17, 15) is 4.79 Å². The van der Waals surface area contributed by atoms with Gasteiger partial charge in [-0.25, -0.2) is 0 Å². The first-order valence-corrected chi connectivity index (χ1v) is 9.30. The number of nitrogens with zero attached hydrogens (tertiary/aromatic N) is 4. The predicted octanol–water partition coefficient (Wildman–Crippen LogP) is 2.84. The second-order valence-electron chi connectivity index (χ2n) is 6.90. The number of nitrogens with one attached hydrogen (secondary N) is 1. The first kappa shape index (κ1) is 17.6. The Kier molecular flexibility index (Phi) is 6.19. The second kappa shape index (κ2) is 8.78. The summed E-state index contributed by atoms with van der Waals surface area (Å²) in [6.45, 7) is 2.80. The highest BCUT2D eigenvalue weighted by Crippen LogP contribution is 2.31. The molecule has 0 aliphatic heterocycles. The zero-order valence-corrected chi connectivity index (χ0v) is 14.9. The van der Waals surface area contributed by atoms with Gasteiger partial charge < -0.3 is 9.73 Å². The molecule has 1 aliphatic carbocycles. The fourth-order valence-corrected chi connectivity index (χ4v) is 3.28. The molecule has 1 saturated carbocycles. The Hall–Kier alpha value is -2.18. The molecule has 25 heavy (non-hydrogen) atoms. The Labute approximate surface area is 148 Å². The summed E-state index contributed by atoms with van der Waals surface area (Å²) in [4.78, 5) is 12.1. The fraction of sp³-hybridized carbons (Fsp3) is 0.667. The van der Waals surface area contributed by atoms with E-state index in [0.717, 1.165) is 31.7 Å². The van der Waals surface area contributed by atoms with Crippen LogP contribution >= 0.6 is 0 Å². The molecule has 2 heterocycles. The summed E-state index contributed by atoms with van der Waals surface area (Å²) in [5, 5.41) is 15.5. The van der Waals surface area contributed by atoms with E-state index in [-0.39, 0.29) is 11.9 Å². The molecule has 1 amide bonds. The van der Waals surface area contributed by atoms with Gasteiger partial charge in [0.2, 0.25) is 17.7 Å². The average Bonchev–Trinajstić information content (AvgIpc) is 3.31. The van der Waals surface area contributed by atoms with E-state index in [2.05, 4.69) is 20.6 Å². The summed E-state index contributed by atoms with van der Waals surface area (Å²) in [5.74, 6) is 1.75. The maximum Gasteiger partial charge on any atom is 0.220 e. The topological polar surface area (TPSA) is 85.8 Å². The average molecular weight is 345 g/mol. The molecule has 0 aromatic carbocycles. The highest BCUT2D eigenvalue weighted by molar-refractivity contribution is 5.76. The number of hydrogen-bond acceptors (Lipinski definition) is 5. The van der Waals surface area contributed by atoms with E-state index >= 15 is 0 Å². The second-order valence-corrected chi connectivity index (χ2v) is 6.90. The largest absolute Gasteiger partial charge is 0.425 e. The highest BCUT2D eigenvalue weighted by atomic mass is 16.4. The van der Waals surface area contributed by atoms with Gasteiger partial charge in [-0.05, 0) is 32.3 Å². The Morgan fingerprint density at radius 2 is 2.20 bits per heavy atom. The van der Waals surface area contributed by atoms with Gasteiger partial charge in [-0.2, -0.15) is 5.10 Å². The van der Waals surface area contributed by atoms with Gasteiger partial charge in [0.15, 0.2) is 0 Å². The van der Waals surface area contributed by atoms with Crippen LogP contribution in [-0.4, -0.2) is 31.9 Å². The molecule has 1 aliphatic rings. The molecule has 0 spiro atoms. The van der Waals surface area contributed by atoms with Crippen LogP contribution in [0.15, 0.2) is 22.9 Å². The summed E-state index contributed by atoms with van der Waals surface area (Å²) in [6, 6.07) is 2.01. The standard InChI is InChI=1S/C18H27N5O2/c1-14(10-13-23-12-5-11-19-23)20-16(24)8-9-17-21-22-18(25-17)15-6-3-2-4-7-15/h5,11-12,14-15H,2-4,6-10,13H2,1H3,(H,20,24). The first-order chi connectivity index (χ1) is 12.2. The van der Waals surface area contributed by atoms with Crippen molar-refractivity contribution in [3.8, 4) is 0 Å². The zero-order chi connectivity index (χ0) is 17.5. The molecule has 7 nitrogen and oxygen atoms in total. The molecule has 1 atom stereocenters. The molecule has 1 N–H and O–H groups in total. The minimum Gasteiger partial charge on any atom is -0.425 e. The number of rotatable bonds is 8. The highest BCUT2D eigenvalue weighted by Gasteiger charge is 2.21. The normalized spacial score (nSPS) is 16.7. The monoisotopic (exact) mass is 345 g/mol. The molecule has 7 heteroatoms. The molecule has 136 valence electrons. The number of aromatic nitrogens is 4. The minimum absolute atomic E-state index is 0.0189. The Morgan fingerprint density at radius 1 is 1.36 bits per heavy atom. The van der Waals surface area contributed by atoms with Crippen molar-refractivity contribution in [2.24, 2.45) is 0 Å². The molecule has 0 saturated heterocycles. The lowest BCUT2D eigenvalue weighted by atomic mass is 9.89. The summed E-state index contributed by atoms with van der Waals surface area (Å²) in [7, 11) is 0. The van der Waals surface area contributed by atoms with Crippen molar-refractivity contribution >= 4 is 5.91 Å². The van der Waals surface area contributed by atoms with Crippen molar-refractivity contribution in [2.45, 2.75) is 76.8 Å². The van der Waals surface area contributed by atoms with Gasteiger partial charge >= 0.3 is 0 Å². The van der Waals surface area contributed by atoms with Crippen LogP contribution in [0.4, 0.5) is 0 Å². The van der Waals surface area contributed by atoms with Gasteiger partial charge in [-0.1, -0.05) is 19.3 Å². The van der Waals surface area contributed by atoms with Crippen LogP contribution in [0.1, 0.15) is 69.6 Å². The van der Waals surface area contributed by atoms with Crippen LogP contribution in [0.2, 0.25) is 0 Å². The molecule has 3 rings (SSSR count). The maximum atomic E-state index is 12.1. The van der Waals surface area contributed by atoms with Gasteiger partial charge in [0, 0.05) is 43.7 Å². The van der Waals surface area contributed by atoms with Gasteiger partial charge in [0.25, 0.3) is 0 Å². The van der Waals surface area contributed by atoms with E-state index in [1.165, 1.54) is 19.3 Å². The third-order valence-electron chi connectivity index (χ3n) is 4.76.